The maximum atomic E-state index is 11.8. The van der Waals surface area contributed by atoms with Gasteiger partial charge in [-0.3, -0.25) is 19.7 Å². The standard InChI is InChI=1S/C18H19NO6S/c1-23-13-7-5-12(10-14(13)24-2)6-8-17(21)25-11-16(20)19-18(22)15-4-3-9-26-15/h3-5,7,9-10H,6,8,11H2,1-2H3,(H,19,20,22). The number of thiophene rings is 1. The van der Waals surface area contributed by atoms with E-state index >= 15 is 0 Å². The molecule has 1 aromatic heterocycles. The van der Waals surface area contributed by atoms with Crippen LogP contribution in [0.2, 0.25) is 0 Å². The van der Waals surface area contributed by atoms with Gasteiger partial charge in [0.15, 0.2) is 18.1 Å². The third-order valence-corrected chi connectivity index (χ3v) is 4.30. The zero-order chi connectivity index (χ0) is 18.9. The molecule has 0 aliphatic rings. The summed E-state index contributed by atoms with van der Waals surface area (Å²) in [5.74, 6) is -0.525. The van der Waals surface area contributed by atoms with Crippen molar-refractivity contribution in [2.24, 2.45) is 0 Å². The summed E-state index contributed by atoms with van der Waals surface area (Å²) in [5, 5.41) is 3.89. The van der Waals surface area contributed by atoms with Crippen molar-refractivity contribution in [3.63, 3.8) is 0 Å². The van der Waals surface area contributed by atoms with Gasteiger partial charge in [0.05, 0.1) is 19.1 Å². The van der Waals surface area contributed by atoms with Gasteiger partial charge in [0.2, 0.25) is 0 Å². The smallest absolute Gasteiger partial charge is 0.306 e. The van der Waals surface area contributed by atoms with Crippen molar-refractivity contribution in [3.8, 4) is 11.5 Å². The lowest BCUT2D eigenvalue weighted by Crippen LogP contribution is -2.33. The minimum atomic E-state index is -0.664. The van der Waals surface area contributed by atoms with E-state index in [1.54, 1.807) is 36.8 Å². The highest BCUT2D eigenvalue weighted by molar-refractivity contribution is 7.12. The first-order valence-electron chi connectivity index (χ1n) is 7.77. The molecule has 0 aliphatic carbocycles. The number of imide groups is 1. The number of esters is 1. The maximum Gasteiger partial charge on any atom is 0.306 e. The molecule has 0 aliphatic heterocycles. The third-order valence-electron chi connectivity index (χ3n) is 3.43. The van der Waals surface area contributed by atoms with Crippen LogP contribution in [0, 0.1) is 0 Å². The molecule has 1 heterocycles. The van der Waals surface area contributed by atoms with E-state index in [4.69, 9.17) is 14.2 Å². The largest absolute Gasteiger partial charge is 0.493 e. The molecule has 0 saturated heterocycles. The second-order valence-electron chi connectivity index (χ2n) is 5.20. The zero-order valence-electron chi connectivity index (χ0n) is 14.4. The molecule has 7 nitrogen and oxygen atoms in total. The number of methoxy groups -OCH3 is 2. The van der Waals surface area contributed by atoms with Crippen molar-refractivity contribution < 1.29 is 28.6 Å². The van der Waals surface area contributed by atoms with Crippen molar-refractivity contribution >= 4 is 29.1 Å². The van der Waals surface area contributed by atoms with Crippen LogP contribution in [-0.4, -0.2) is 38.6 Å². The average Bonchev–Trinajstić information content (AvgIpc) is 3.19. The molecule has 0 saturated carbocycles. The molecular weight excluding hydrogens is 358 g/mol. The maximum absolute atomic E-state index is 11.8. The first kappa shape index (κ1) is 19.5. The normalized spacial score (nSPS) is 10.1. The average molecular weight is 377 g/mol. The Labute approximate surface area is 154 Å². The van der Waals surface area contributed by atoms with Crippen LogP contribution in [0.25, 0.3) is 0 Å². The summed E-state index contributed by atoms with van der Waals surface area (Å²) >= 11 is 1.22. The van der Waals surface area contributed by atoms with Crippen LogP contribution in [0.3, 0.4) is 0 Å². The fraction of sp³-hybridized carbons (Fsp3) is 0.278. The van der Waals surface area contributed by atoms with Gasteiger partial charge in [0.1, 0.15) is 0 Å². The van der Waals surface area contributed by atoms with Gasteiger partial charge >= 0.3 is 5.97 Å². The quantitative estimate of drug-likeness (QED) is 0.709. The van der Waals surface area contributed by atoms with E-state index in [9.17, 15) is 14.4 Å². The van der Waals surface area contributed by atoms with Crippen LogP contribution in [0.4, 0.5) is 0 Å². The van der Waals surface area contributed by atoms with E-state index in [0.29, 0.717) is 22.8 Å². The Hall–Kier alpha value is -2.87. The second kappa shape index (κ2) is 9.57. The lowest BCUT2D eigenvalue weighted by atomic mass is 10.1. The monoisotopic (exact) mass is 377 g/mol. The number of hydrogen-bond acceptors (Lipinski definition) is 7. The molecule has 2 amide bonds. The topological polar surface area (TPSA) is 90.9 Å². The van der Waals surface area contributed by atoms with Gasteiger partial charge in [-0.05, 0) is 35.6 Å². The molecule has 8 heteroatoms. The van der Waals surface area contributed by atoms with Gasteiger partial charge in [-0.2, -0.15) is 0 Å². The Balaban J connectivity index is 1.75. The molecule has 0 radical (unpaired) electrons. The van der Waals surface area contributed by atoms with Crippen molar-refractivity contribution in [1.29, 1.82) is 0 Å². The van der Waals surface area contributed by atoms with Gasteiger partial charge in [-0.15, -0.1) is 11.3 Å². The molecule has 0 atom stereocenters. The predicted molar refractivity (Wildman–Crippen MR) is 95.6 cm³/mol. The fourth-order valence-corrected chi connectivity index (χ4v) is 2.75. The van der Waals surface area contributed by atoms with E-state index < -0.39 is 24.4 Å². The summed E-state index contributed by atoms with van der Waals surface area (Å²) in [4.78, 5) is 35.5. The Morgan fingerprint density at radius 3 is 2.50 bits per heavy atom. The van der Waals surface area contributed by atoms with Crippen LogP contribution < -0.4 is 14.8 Å². The summed E-state index contributed by atoms with van der Waals surface area (Å²) < 4.78 is 15.2. The summed E-state index contributed by atoms with van der Waals surface area (Å²) in [6.45, 7) is -0.498. The van der Waals surface area contributed by atoms with Crippen LogP contribution in [0.15, 0.2) is 35.7 Å². The summed E-state index contributed by atoms with van der Waals surface area (Å²) in [6, 6.07) is 8.66. The number of aryl methyl sites for hydroxylation is 1. The molecule has 138 valence electrons. The molecule has 2 rings (SSSR count). The first-order chi connectivity index (χ1) is 12.5. The summed E-state index contributed by atoms with van der Waals surface area (Å²) in [6.07, 6.45) is 0.524. The van der Waals surface area contributed by atoms with Crippen molar-refractivity contribution in [3.05, 3.63) is 46.2 Å². The lowest BCUT2D eigenvalue weighted by Gasteiger charge is -2.09. The van der Waals surface area contributed by atoms with Gasteiger partial charge in [0, 0.05) is 6.42 Å². The number of nitrogens with one attached hydrogen (secondary N) is 1. The molecule has 0 fully saturated rings. The molecule has 1 aromatic carbocycles. The molecule has 0 unspecified atom stereocenters. The van der Waals surface area contributed by atoms with Crippen LogP contribution >= 0.6 is 11.3 Å². The van der Waals surface area contributed by atoms with Crippen molar-refractivity contribution in [2.45, 2.75) is 12.8 Å². The van der Waals surface area contributed by atoms with Gasteiger partial charge in [-0.25, -0.2) is 0 Å². The Morgan fingerprint density at radius 2 is 1.85 bits per heavy atom. The molecule has 2 aromatic rings. The summed E-state index contributed by atoms with van der Waals surface area (Å²) in [5.41, 5.74) is 0.872. The van der Waals surface area contributed by atoms with Crippen LogP contribution in [0.1, 0.15) is 21.7 Å². The van der Waals surface area contributed by atoms with E-state index in [1.807, 2.05) is 6.07 Å². The Morgan fingerprint density at radius 1 is 1.08 bits per heavy atom. The van der Waals surface area contributed by atoms with Gasteiger partial charge in [0.25, 0.3) is 11.8 Å². The van der Waals surface area contributed by atoms with Crippen molar-refractivity contribution in [2.75, 3.05) is 20.8 Å². The molecular formula is C18H19NO6S. The number of carbonyl (C=O) groups excluding carboxylic acids is 3. The van der Waals surface area contributed by atoms with Gasteiger partial charge < -0.3 is 14.2 Å². The zero-order valence-corrected chi connectivity index (χ0v) is 15.3. The van der Waals surface area contributed by atoms with Gasteiger partial charge in [-0.1, -0.05) is 12.1 Å². The minimum Gasteiger partial charge on any atom is -0.493 e. The lowest BCUT2D eigenvalue weighted by molar-refractivity contribution is -0.148. The third kappa shape index (κ3) is 5.59. The second-order valence-corrected chi connectivity index (χ2v) is 6.15. The van der Waals surface area contributed by atoms with E-state index in [2.05, 4.69) is 5.32 Å². The van der Waals surface area contributed by atoms with E-state index in [0.717, 1.165) is 5.56 Å². The van der Waals surface area contributed by atoms with Crippen LogP contribution in [-0.2, 0) is 20.7 Å². The highest BCUT2D eigenvalue weighted by Gasteiger charge is 2.13. The molecule has 0 spiro atoms. The summed E-state index contributed by atoms with van der Waals surface area (Å²) in [7, 11) is 3.08. The Bertz CT molecular complexity index is 772. The van der Waals surface area contributed by atoms with E-state index in [-0.39, 0.29) is 6.42 Å². The number of amides is 2. The number of carbonyl (C=O) groups is 3. The number of rotatable bonds is 8. The first-order valence-corrected chi connectivity index (χ1v) is 8.65. The van der Waals surface area contributed by atoms with Crippen LogP contribution in [0.5, 0.6) is 11.5 Å². The van der Waals surface area contributed by atoms with E-state index in [1.165, 1.54) is 18.4 Å². The molecule has 0 bridgehead atoms. The highest BCUT2D eigenvalue weighted by Crippen LogP contribution is 2.27. The highest BCUT2D eigenvalue weighted by atomic mass is 32.1. The van der Waals surface area contributed by atoms with Crippen molar-refractivity contribution in [1.82, 2.24) is 5.32 Å². The number of ether oxygens (including phenoxy) is 3. The molecule has 1 N–H and O–H groups in total. The molecule has 26 heavy (non-hydrogen) atoms. The fourth-order valence-electron chi connectivity index (χ4n) is 2.13. The SMILES string of the molecule is COc1ccc(CCC(=O)OCC(=O)NC(=O)c2cccs2)cc1OC. The minimum absolute atomic E-state index is 0.0988. The Kier molecular flexibility index (Phi) is 7.16. The predicted octanol–water partition coefficient (Wildman–Crippen LogP) is 2.20. The number of hydrogen-bond donors (Lipinski definition) is 1. The number of benzene rings is 1.